The van der Waals surface area contributed by atoms with E-state index >= 15 is 0 Å². The number of primary amides is 1. The number of hydrogen-bond donors (Lipinski definition) is 1. The normalized spacial score (nSPS) is 25.5. The van der Waals surface area contributed by atoms with Crippen molar-refractivity contribution in [2.75, 3.05) is 20.2 Å². The SMILES string of the molecule is COC(=O)CCCN1CC(C(N)=O)CCC1C. The van der Waals surface area contributed by atoms with Crippen LogP contribution in [0.25, 0.3) is 0 Å². The maximum Gasteiger partial charge on any atom is 0.305 e. The third-order valence-electron chi connectivity index (χ3n) is 3.47. The Bertz CT molecular complexity index is 281. The van der Waals surface area contributed by atoms with Crippen LogP contribution >= 0.6 is 0 Å². The zero-order chi connectivity index (χ0) is 12.8. The molecule has 0 saturated carbocycles. The molecule has 0 aromatic heterocycles. The van der Waals surface area contributed by atoms with Crippen molar-refractivity contribution in [3.8, 4) is 0 Å². The second kappa shape index (κ2) is 6.59. The summed E-state index contributed by atoms with van der Waals surface area (Å²) in [7, 11) is 1.40. The molecule has 1 rings (SSSR count). The molecule has 1 aliphatic rings. The van der Waals surface area contributed by atoms with Crippen molar-refractivity contribution < 1.29 is 14.3 Å². The van der Waals surface area contributed by atoms with Gasteiger partial charge in [-0.25, -0.2) is 0 Å². The number of esters is 1. The van der Waals surface area contributed by atoms with Crippen molar-refractivity contribution >= 4 is 11.9 Å². The molecule has 1 heterocycles. The molecule has 2 N–H and O–H groups in total. The quantitative estimate of drug-likeness (QED) is 0.714. The Balaban J connectivity index is 2.34. The van der Waals surface area contributed by atoms with Gasteiger partial charge in [-0.15, -0.1) is 0 Å². The molecule has 2 atom stereocenters. The fourth-order valence-corrected chi connectivity index (χ4v) is 2.25. The fraction of sp³-hybridized carbons (Fsp3) is 0.833. The van der Waals surface area contributed by atoms with E-state index in [9.17, 15) is 9.59 Å². The van der Waals surface area contributed by atoms with E-state index in [1.807, 2.05) is 0 Å². The summed E-state index contributed by atoms with van der Waals surface area (Å²) in [5.74, 6) is -0.430. The van der Waals surface area contributed by atoms with Gasteiger partial charge in [0.05, 0.1) is 13.0 Å². The van der Waals surface area contributed by atoms with Crippen LogP contribution in [0.5, 0.6) is 0 Å². The number of methoxy groups -OCH3 is 1. The number of rotatable bonds is 5. The molecule has 0 spiro atoms. The Morgan fingerprint density at radius 2 is 2.12 bits per heavy atom. The monoisotopic (exact) mass is 242 g/mol. The third-order valence-corrected chi connectivity index (χ3v) is 3.47. The summed E-state index contributed by atoms with van der Waals surface area (Å²) in [4.78, 5) is 24.4. The summed E-state index contributed by atoms with van der Waals surface area (Å²) in [5, 5.41) is 0. The molecular formula is C12H22N2O3. The lowest BCUT2D eigenvalue weighted by Gasteiger charge is -2.36. The Hall–Kier alpha value is -1.10. The summed E-state index contributed by atoms with van der Waals surface area (Å²) in [6.07, 6.45) is 3.07. The van der Waals surface area contributed by atoms with Gasteiger partial charge in [-0.1, -0.05) is 0 Å². The Labute approximate surface area is 102 Å². The number of hydrogen-bond acceptors (Lipinski definition) is 4. The molecule has 1 amide bonds. The number of nitrogens with two attached hydrogens (primary N) is 1. The predicted octanol–water partition coefficient (Wildman–Crippen LogP) is 0.525. The maximum absolute atomic E-state index is 11.2. The molecule has 0 aromatic carbocycles. The van der Waals surface area contributed by atoms with Crippen LogP contribution in [0.1, 0.15) is 32.6 Å². The van der Waals surface area contributed by atoms with Crippen LogP contribution < -0.4 is 5.73 Å². The first-order valence-electron chi connectivity index (χ1n) is 6.14. The van der Waals surface area contributed by atoms with Gasteiger partial charge in [-0.05, 0) is 32.7 Å². The second-order valence-electron chi connectivity index (χ2n) is 4.70. The van der Waals surface area contributed by atoms with Gasteiger partial charge in [0.1, 0.15) is 0 Å². The highest BCUT2D eigenvalue weighted by molar-refractivity contribution is 5.77. The molecule has 0 bridgehead atoms. The molecule has 1 saturated heterocycles. The highest BCUT2D eigenvalue weighted by Gasteiger charge is 2.28. The maximum atomic E-state index is 11.2. The van der Waals surface area contributed by atoms with Crippen LogP contribution in [0, 0.1) is 5.92 Å². The number of amides is 1. The Kier molecular flexibility index (Phi) is 5.41. The number of carbonyl (C=O) groups excluding carboxylic acids is 2. The van der Waals surface area contributed by atoms with Crippen molar-refractivity contribution in [2.24, 2.45) is 11.7 Å². The summed E-state index contributed by atoms with van der Waals surface area (Å²) in [6, 6.07) is 0.461. The van der Waals surface area contributed by atoms with E-state index < -0.39 is 0 Å². The molecule has 2 unspecified atom stereocenters. The van der Waals surface area contributed by atoms with E-state index in [1.54, 1.807) is 0 Å². The summed E-state index contributed by atoms with van der Waals surface area (Å²) in [5.41, 5.74) is 5.33. The second-order valence-corrected chi connectivity index (χ2v) is 4.70. The summed E-state index contributed by atoms with van der Waals surface area (Å²) in [6.45, 7) is 3.69. The van der Waals surface area contributed by atoms with Gasteiger partial charge in [0.15, 0.2) is 0 Å². The van der Waals surface area contributed by atoms with Gasteiger partial charge in [0, 0.05) is 19.0 Å². The molecule has 17 heavy (non-hydrogen) atoms. The van der Waals surface area contributed by atoms with Crippen molar-refractivity contribution in [2.45, 2.75) is 38.6 Å². The lowest BCUT2D eigenvalue weighted by Crippen LogP contribution is -2.46. The van der Waals surface area contributed by atoms with Gasteiger partial charge in [-0.3, -0.25) is 14.5 Å². The van der Waals surface area contributed by atoms with Crippen molar-refractivity contribution in [1.82, 2.24) is 4.90 Å². The molecule has 1 fully saturated rings. The average molecular weight is 242 g/mol. The van der Waals surface area contributed by atoms with Gasteiger partial charge >= 0.3 is 5.97 Å². The fourth-order valence-electron chi connectivity index (χ4n) is 2.25. The first-order chi connectivity index (χ1) is 8.04. The zero-order valence-electron chi connectivity index (χ0n) is 10.6. The van der Waals surface area contributed by atoms with Gasteiger partial charge in [0.2, 0.25) is 5.91 Å². The minimum absolute atomic E-state index is 0.0377. The number of ether oxygens (including phenoxy) is 1. The molecule has 0 radical (unpaired) electrons. The molecular weight excluding hydrogens is 220 g/mol. The minimum Gasteiger partial charge on any atom is -0.469 e. The first kappa shape index (κ1) is 14.0. The van der Waals surface area contributed by atoms with Crippen molar-refractivity contribution in [3.63, 3.8) is 0 Å². The summed E-state index contributed by atoms with van der Waals surface area (Å²) < 4.78 is 4.59. The molecule has 1 aliphatic heterocycles. The summed E-state index contributed by atoms with van der Waals surface area (Å²) >= 11 is 0. The average Bonchev–Trinajstić information content (AvgIpc) is 2.30. The first-order valence-corrected chi connectivity index (χ1v) is 6.14. The van der Waals surface area contributed by atoms with Gasteiger partial charge in [0.25, 0.3) is 0 Å². The van der Waals surface area contributed by atoms with E-state index in [0.29, 0.717) is 12.5 Å². The van der Waals surface area contributed by atoms with Crippen LogP contribution in [0.2, 0.25) is 0 Å². The lowest BCUT2D eigenvalue weighted by molar-refractivity contribution is -0.141. The van der Waals surface area contributed by atoms with E-state index in [0.717, 1.165) is 32.4 Å². The largest absolute Gasteiger partial charge is 0.469 e. The lowest BCUT2D eigenvalue weighted by atomic mass is 9.93. The standard InChI is InChI=1S/C12H22N2O3/c1-9-5-6-10(12(13)16)8-14(9)7-3-4-11(15)17-2/h9-10H,3-8H2,1-2H3,(H2,13,16). The Morgan fingerprint density at radius 3 is 2.71 bits per heavy atom. The van der Waals surface area contributed by atoms with Crippen LogP contribution in [0.3, 0.4) is 0 Å². The van der Waals surface area contributed by atoms with Gasteiger partial charge in [-0.2, -0.15) is 0 Å². The highest BCUT2D eigenvalue weighted by Crippen LogP contribution is 2.21. The van der Waals surface area contributed by atoms with Crippen LogP contribution in [-0.4, -0.2) is 43.0 Å². The Morgan fingerprint density at radius 1 is 1.41 bits per heavy atom. The third kappa shape index (κ3) is 4.34. The van der Waals surface area contributed by atoms with E-state index in [1.165, 1.54) is 7.11 Å². The highest BCUT2D eigenvalue weighted by atomic mass is 16.5. The van der Waals surface area contributed by atoms with Crippen LogP contribution in [-0.2, 0) is 14.3 Å². The molecule has 5 nitrogen and oxygen atoms in total. The van der Waals surface area contributed by atoms with Crippen molar-refractivity contribution in [1.29, 1.82) is 0 Å². The van der Waals surface area contributed by atoms with Crippen molar-refractivity contribution in [3.05, 3.63) is 0 Å². The zero-order valence-corrected chi connectivity index (χ0v) is 10.6. The van der Waals surface area contributed by atoms with Crippen LogP contribution in [0.4, 0.5) is 0 Å². The van der Waals surface area contributed by atoms with E-state index in [2.05, 4.69) is 16.6 Å². The number of nitrogens with zero attached hydrogens (tertiary/aromatic N) is 1. The van der Waals surface area contributed by atoms with Gasteiger partial charge < -0.3 is 10.5 Å². The minimum atomic E-state index is -0.213. The number of likely N-dealkylation sites (tertiary alicyclic amines) is 1. The predicted molar refractivity (Wildman–Crippen MR) is 64.2 cm³/mol. The number of carbonyl (C=O) groups is 2. The topological polar surface area (TPSA) is 72.6 Å². The molecule has 5 heteroatoms. The number of piperidine rings is 1. The smallest absolute Gasteiger partial charge is 0.305 e. The molecule has 0 aromatic rings. The molecule has 98 valence electrons. The van der Waals surface area contributed by atoms with Crippen LogP contribution in [0.15, 0.2) is 0 Å². The van der Waals surface area contributed by atoms with E-state index in [4.69, 9.17) is 5.73 Å². The molecule has 0 aliphatic carbocycles. The van der Waals surface area contributed by atoms with E-state index in [-0.39, 0.29) is 17.8 Å².